The Hall–Kier alpha value is -3.09. The van der Waals surface area contributed by atoms with Crippen molar-refractivity contribution in [1.82, 2.24) is 5.32 Å². The summed E-state index contributed by atoms with van der Waals surface area (Å²) in [7, 11) is 1.55. The topological polar surface area (TPSA) is 84.9 Å². The lowest BCUT2D eigenvalue weighted by atomic mass is 10.0. The predicted octanol–water partition coefficient (Wildman–Crippen LogP) is 2.93. The van der Waals surface area contributed by atoms with E-state index in [-0.39, 0.29) is 6.42 Å². The summed E-state index contributed by atoms with van der Waals surface area (Å²) in [6.07, 6.45) is -1.17. The van der Waals surface area contributed by atoms with E-state index in [1.54, 1.807) is 38.3 Å². The maximum atomic E-state index is 13.1. The highest BCUT2D eigenvalue weighted by Gasteiger charge is 2.22. The zero-order chi connectivity index (χ0) is 19.1. The van der Waals surface area contributed by atoms with Crippen molar-refractivity contribution < 1.29 is 28.6 Å². The monoisotopic (exact) mass is 361 g/mol. The molecule has 2 unspecified atom stereocenters. The van der Waals surface area contributed by atoms with E-state index in [1.165, 1.54) is 24.3 Å². The van der Waals surface area contributed by atoms with E-state index in [1.807, 2.05) is 0 Å². The summed E-state index contributed by atoms with van der Waals surface area (Å²) >= 11 is 0. The highest BCUT2D eigenvalue weighted by atomic mass is 19.1. The summed E-state index contributed by atoms with van der Waals surface area (Å²) in [5.74, 6) is -0.859. The standard InChI is InChI=1S/C19H20FNO5/c1-12(26-16-9-7-15(25-2)8-10-16)19(24)21-17(11-18(22)23)13-3-5-14(20)6-4-13/h3-10,12,17H,11H2,1-2H3,(H,21,24)(H,22,23). The van der Waals surface area contributed by atoms with Crippen molar-refractivity contribution in [3.8, 4) is 11.5 Å². The number of hydrogen-bond donors (Lipinski definition) is 2. The summed E-state index contributed by atoms with van der Waals surface area (Å²) in [6, 6.07) is 11.3. The molecule has 0 aromatic heterocycles. The van der Waals surface area contributed by atoms with E-state index in [4.69, 9.17) is 14.6 Å². The molecule has 7 heteroatoms. The highest BCUT2D eigenvalue weighted by molar-refractivity contribution is 5.82. The molecule has 0 aliphatic heterocycles. The Balaban J connectivity index is 2.04. The van der Waals surface area contributed by atoms with Crippen molar-refractivity contribution in [2.24, 2.45) is 0 Å². The SMILES string of the molecule is COc1ccc(OC(C)C(=O)NC(CC(=O)O)c2ccc(F)cc2)cc1. The van der Waals surface area contributed by atoms with Crippen molar-refractivity contribution in [1.29, 1.82) is 0 Å². The average molecular weight is 361 g/mol. The quantitative estimate of drug-likeness (QED) is 0.755. The highest BCUT2D eigenvalue weighted by Crippen LogP contribution is 2.20. The van der Waals surface area contributed by atoms with Crippen LogP contribution in [0.5, 0.6) is 11.5 Å². The molecule has 0 bridgehead atoms. The van der Waals surface area contributed by atoms with Gasteiger partial charge in [0.2, 0.25) is 0 Å². The number of ether oxygens (including phenoxy) is 2. The third-order valence-corrected chi connectivity index (χ3v) is 3.71. The second-order valence-electron chi connectivity index (χ2n) is 5.65. The Morgan fingerprint density at radius 1 is 1.08 bits per heavy atom. The molecule has 0 fully saturated rings. The molecule has 2 N–H and O–H groups in total. The first-order chi connectivity index (χ1) is 12.4. The van der Waals surface area contributed by atoms with E-state index in [0.717, 1.165) is 0 Å². The van der Waals surface area contributed by atoms with Crippen molar-refractivity contribution in [2.45, 2.75) is 25.5 Å². The predicted molar refractivity (Wildman–Crippen MR) is 92.6 cm³/mol. The number of methoxy groups -OCH3 is 1. The van der Waals surface area contributed by atoms with Gasteiger partial charge < -0.3 is 19.9 Å². The first-order valence-corrected chi connectivity index (χ1v) is 7.97. The van der Waals surface area contributed by atoms with E-state index in [2.05, 4.69) is 5.32 Å². The van der Waals surface area contributed by atoms with Crippen LogP contribution in [-0.4, -0.2) is 30.2 Å². The van der Waals surface area contributed by atoms with Crippen molar-refractivity contribution in [3.63, 3.8) is 0 Å². The van der Waals surface area contributed by atoms with Crippen LogP contribution in [0.1, 0.15) is 24.9 Å². The number of halogens is 1. The van der Waals surface area contributed by atoms with Crippen molar-refractivity contribution in [2.75, 3.05) is 7.11 Å². The van der Waals surface area contributed by atoms with Crippen molar-refractivity contribution >= 4 is 11.9 Å². The van der Waals surface area contributed by atoms with Crippen LogP contribution in [0.2, 0.25) is 0 Å². The number of hydrogen-bond acceptors (Lipinski definition) is 4. The van der Waals surface area contributed by atoms with Gasteiger partial charge in [-0.05, 0) is 48.9 Å². The minimum atomic E-state index is -1.08. The van der Waals surface area contributed by atoms with Gasteiger partial charge in [-0.3, -0.25) is 9.59 Å². The zero-order valence-electron chi connectivity index (χ0n) is 14.4. The van der Waals surface area contributed by atoms with Crippen LogP contribution in [0.3, 0.4) is 0 Å². The summed E-state index contributed by atoms with van der Waals surface area (Å²) < 4.78 is 23.7. The lowest BCUT2D eigenvalue weighted by Crippen LogP contribution is -2.39. The fourth-order valence-electron chi connectivity index (χ4n) is 2.32. The van der Waals surface area contributed by atoms with Gasteiger partial charge in [-0.15, -0.1) is 0 Å². The van der Waals surface area contributed by atoms with Crippen molar-refractivity contribution in [3.05, 3.63) is 59.9 Å². The number of aliphatic carboxylic acids is 1. The normalized spacial score (nSPS) is 12.7. The molecule has 1 amide bonds. The number of carbonyl (C=O) groups excluding carboxylic acids is 1. The molecule has 0 saturated heterocycles. The lowest BCUT2D eigenvalue weighted by molar-refractivity contribution is -0.138. The smallest absolute Gasteiger partial charge is 0.305 e. The van der Waals surface area contributed by atoms with Crippen LogP contribution >= 0.6 is 0 Å². The van der Waals surface area contributed by atoms with Gasteiger partial charge in [-0.25, -0.2) is 4.39 Å². The Morgan fingerprint density at radius 2 is 1.65 bits per heavy atom. The number of carbonyl (C=O) groups is 2. The van der Waals surface area contributed by atoms with Gasteiger partial charge in [0.15, 0.2) is 6.10 Å². The summed E-state index contributed by atoms with van der Waals surface area (Å²) in [4.78, 5) is 23.5. The van der Waals surface area contributed by atoms with Crippen LogP contribution < -0.4 is 14.8 Å². The number of carboxylic acids is 1. The molecule has 0 aliphatic rings. The maximum absolute atomic E-state index is 13.1. The van der Waals surface area contributed by atoms with Crippen LogP contribution in [-0.2, 0) is 9.59 Å². The largest absolute Gasteiger partial charge is 0.497 e. The van der Waals surface area contributed by atoms with Gasteiger partial charge in [-0.2, -0.15) is 0 Å². The third-order valence-electron chi connectivity index (χ3n) is 3.71. The fourth-order valence-corrected chi connectivity index (χ4v) is 2.32. The molecule has 0 aliphatic carbocycles. The number of benzene rings is 2. The fraction of sp³-hybridized carbons (Fsp3) is 0.263. The van der Waals surface area contributed by atoms with Gasteiger partial charge in [0.05, 0.1) is 19.6 Å². The number of rotatable bonds is 8. The first kappa shape index (κ1) is 19.2. The summed E-state index contributed by atoms with van der Waals surface area (Å²) in [5.41, 5.74) is 0.499. The zero-order valence-corrected chi connectivity index (χ0v) is 14.4. The average Bonchev–Trinajstić information content (AvgIpc) is 2.62. The van der Waals surface area contributed by atoms with Crippen LogP contribution in [0.15, 0.2) is 48.5 Å². The second kappa shape index (κ2) is 8.84. The molecule has 0 heterocycles. The van der Waals surface area contributed by atoms with E-state index in [9.17, 15) is 14.0 Å². The molecule has 0 saturated carbocycles. The molecule has 2 atom stereocenters. The van der Waals surface area contributed by atoms with E-state index < -0.39 is 29.8 Å². The van der Waals surface area contributed by atoms with Gasteiger partial charge in [0.1, 0.15) is 17.3 Å². The third kappa shape index (κ3) is 5.47. The molecule has 0 spiro atoms. The van der Waals surface area contributed by atoms with Gasteiger partial charge >= 0.3 is 5.97 Å². The lowest BCUT2D eigenvalue weighted by Gasteiger charge is -2.21. The molecular formula is C19H20FNO5. The molecule has 26 heavy (non-hydrogen) atoms. The molecule has 2 aromatic rings. The molecular weight excluding hydrogens is 341 g/mol. The minimum Gasteiger partial charge on any atom is -0.497 e. The maximum Gasteiger partial charge on any atom is 0.305 e. The molecule has 2 rings (SSSR count). The van der Waals surface area contributed by atoms with E-state index in [0.29, 0.717) is 17.1 Å². The van der Waals surface area contributed by atoms with Crippen LogP contribution in [0.4, 0.5) is 4.39 Å². The second-order valence-corrected chi connectivity index (χ2v) is 5.65. The van der Waals surface area contributed by atoms with Gasteiger partial charge in [0, 0.05) is 0 Å². The van der Waals surface area contributed by atoms with E-state index >= 15 is 0 Å². The Morgan fingerprint density at radius 3 is 2.19 bits per heavy atom. The Kier molecular flexibility index (Phi) is 6.54. The molecule has 0 radical (unpaired) electrons. The Labute approximate surface area is 150 Å². The Bertz CT molecular complexity index is 746. The number of nitrogens with one attached hydrogen (secondary N) is 1. The van der Waals surface area contributed by atoms with Crippen LogP contribution in [0.25, 0.3) is 0 Å². The molecule has 6 nitrogen and oxygen atoms in total. The molecule has 138 valence electrons. The van der Waals surface area contributed by atoms with Crippen LogP contribution in [0, 0.1) is 5.82 Å². The summed E-state index contributed by atoms with van der Waals surface area (Å²) in [6.45, 7) is 1.56. The number of carboxylic acid groups (broad SMARTS) is 1. The number of amides is 1. The summed E-state index contributed by atoms with van der Waals surface area (Å²) in [5, 5.41) is 11.7. The first-order valence-electron chi connectivity index (χ1n) is 7.97. The molecule has 2 aromatic carbocycles. The van der Waals surface area contributed by atoms with Gasteiger partial charge in [0.25, 0.3) is 5.91 Å². The minimum absolute atomic E-state index is 0.327. The van der Waals surface area contributed by atoms with Gasteiger partial charge in [-0.1, -0.05) is 12.1 Å².